The molecule has 0 saturated heterocycles. The zero-order valence-corrected chi connectivity index (χ0v) is 14.5. The van der Waals surface area contributed by atoms with Crippen molar-refractivity contribution in [1.29, 1.82) is 0 Å². The summed E-state index contributed by atoms with van der Waals surface area (Å²) in [5, 5.41) is 10.7. The lowest BCUT2D eigenvalue weighted by Crippen LogP contribution is -2.46. The van der Waals surface area contributed by atoms with Gasteiger partial charge in [0.25, 0.3) is 5.69 Å². The van der Waals surface area contributed by atoms with Gasteiger partial charge in [-0.15, -0.1) is 0 Å². The van der Waals surface area contributed by atoms with E-state index in [9.17, 15) is 18.5 Å². The minimum absolute atomic E-state index is 0.0163. The Labute approximate surface area is 132 Å². The monoisotopic (exact) mass is 328 g/mol. The van der Waals surface area contributed by atoms with Crippen LogP contribution in [0.15, 0.2) is 24.3 Å². The molecule has 0 aliphatic heterocycles. The lowest BCUT2D eigenvalue weighted by molar-refractivity contribution is -0.384. The van der Waals surface area contributed by atoms with Gasteiger partial charge in [-0.25, -0.2) is 13.1 Å². The standard InChI is InChI=1S/C15H24N2O4S/c1-14(2,3)11-15(4,5)16-22(20,21)10-12-7-6-8-13(9-12)17(18)19/h6-9,16H,10-11H2,1-5H3. The molecule has 0 radical (unpaired) electrons. The molecule has 0 unspecified atom stereocenters. The fourth-order valence-corrected chi connectivity index (χ4v) is 4.40. The molecule has 0 saturated carbocycles. The lowest BCUT2D eigenvalue weighted by atomic mass is 9.82. The molecule has 124 valence electrons. The molecule has 0 heterocycles. The van der Waals surface area contributed by atoms with E-state index in [4.69, 9.17) is 0 Å². The highest BCUT2D eigenvalue weighted by molar-refractivity contribution is 7.88. The molecule has 1 aromatic carbocycles. The van der Waals surface area contributed by atoms with Crippen LogP contribution >= 0.6 is 0 Å². The highest BCUT2D eigenvalue weighted by atomic mass is 32.2. The Bertz CT molecular complexity index is 646. The highest BCUT2D eigenvalue weighted by Gasteiger charge is 2.29. The topological polar surface area (TPSA) is 89.3 Å². The van der Waals surface area contributed by atoms with Gasteiger partial charge >= 0.3 is 0 Å². The van der Waals surface area contributed by atoms with E-state index in [-0.39, 0.29) is 16.9 Å². The Morgan fingerprint density at radius 3 is 2.27 bits per heavy atom. The average molecular weight is 328 g/mol. The second kappa shape index (κ2) is 6.34. The number of nitrogens with one attached hydrogen (secondary N) is 1. The number of hydrogen-bond acceptors (Lipinski definition) is 4. The van der Waals surface area contributed by atoms with Crippen molar-refractivity contribution in [1.82, 2.24) is 4.72 Å². The number of hydrogen-bond donors (Lipinski definition) is 1. The predicted molar refractivity (Wildman–Crippen MR) is 87.0 cm³/mol. The van der Waals surface area contributed by atoms with E-state index in [1.807, 2.05) is 34.6 Å². The zero-order valence-electron chi connectivity index (χ0n) is 13.7. The van der Waals surface area contributed by atoms with Crippen molar-refractivity contribution in [2.45, 2.75) is 52.3 Å². The number of non-ortho nitro benzene ring substituents is 1. The maximum absolute atomic E-state index is 12.3. The van der Waals surface area contributed by atoms with Gasteiger partial charge in [-0.1, -0.05) is 32.9 Å². The number of rotatable bonds is 6. The van der Waals surface area contributed by atoms with Gasteiger partial charge in [0.1, 0.15) is 0 Å². The van der Waals surface area contributed by atoms with Crippen LogP contribution in [0.5, 0.6) is 0 Å². The smallest absolute Gasteiger partial charge is 0.258 e. The molecule has 0 bridgehead atoms. The molecule has 0 atom stereocenters. The molecule has 0 amide bonds. The van der Waals surface area contributed by atoms with E-state index in [0.717, 1.165) is 0 Å². The van der Waals surface area contributed by atoms with Crippen LogP contribution < -0.4 is 4.72 Å². The van der Waals surface area contributed by atoms with Gasteiger partial charge < -0.3 is 0 Å². The Balaban J connectivity index is 2.88. The van der Waals surface area contributed by atoms with Crippen LogP contribution in [0, 0.1) is 15.5 Å². The largest absolute Gasteiger partial charge is 0.269 e. The summed E-state index contributed by atoms with van der Waals surface area (Å²) in [6.45, 7) is 9.81. The van der Waals surface area contributed by atoms with Crippen molar-refractivity contribution in [2.24, 2.45) is 5.41 Å². The summed E-state index contributed by atoms with van der Waals surface area (Å²) in [6, 6.07) is 5.69. The van der Waals surface area contributed by atoms with Crippen LogP contribution in [-0.4, -0.2) is 18.9 Å². The normalized spacial score (nSPS) is 13.1. The second-order valence-electron chi connectivity index (χ2n) is 7.41. The van der Waals surface area contributed by atoms with Crippen molar-refractivity contribution in [2.75, 3.05) is 0 Å². The molecular formula is C15H24N2O4S. The quantitative estimate of drug-likeness (QED) is 0.641. The van der Waals surface area contributed by atoms with E-state index in [1.54, 1.807) is 6.07 Å². The highest BCUT2D eigenvalue weighted by Crippen LogP contribution is 2.27. The first-order valence-electron chi connectivity index (χ1n) is 7.05. The van der Waals surface area contributed by atoms with Gasteiger partial charge in [0, 0.05) is 17.7 Å². The van der Waals surface area contributed by atoms with Crippen molar-refractivity contribution in [3.8, 4) is 0 Å². The molecule has 7 heteroatoms. The molecule has 22 heavy (non-hydrogen) atoms. The van der Waals surface area contributed by atoms with Crippen LogP contribution in [-0.2, 0) is 15.8 Å². The Morgan fingerprint density at radius 1 is 1.18 bits per heavy atom. The number of nitro benzene ring substituents is 1. The number of nitro groups is 1. The summed E-state index contributed by atoms with van der Waals surface area (Å²) < 4.78 is 27.3. The molecular weight excluding hydrogens is 304 g/mol. The van der Waals surface area contributed by atoms with Crippen LogP contribution in [0.1, 0.15) is 46.6 Å². The zero-order chi connectivity index (χ0) is 17.2. The molecule has 1 aromatic rings. The first-order valence-corrected chi connectivity index (χ1v) is 8.70. The summed E-state index contributed by atoms with van der Waals surface area (Å²) in [7, 11) is -3.58. The average Bonchev–Trinajstić information content (AvgIpc) is 2.22. The van der Waals surface area contributed by atoms with Crippen molar-refractivity contribution >= 4 is 15.7 Å². The summed E-state index contributed by atoms with van der Waals surface area (Å²) >= 11 is 0. The Kier molecular flexibility index (Phi) is 5.35. The maximum Gasteiger partial charge on any atom is 0.269 e. The van der Waals surface area contributed by atoms with E-state index >= 15 is 0 Å². The molecule has 0 fully saturated rings. The van der Waals surface area contributed by atoms with Gasteiger partial charge in [0.15, 0.2) is 0 Å². The molecule has 0 spiro atoms. The van der Waals surface area contributed by atoms with Gasteiger partial charge in [0.2, 0.25) is 10.0 Å². The molecule has 0 aliphatic carbocycles. The molecule has 6 nitrogen and oxygen atoms in total. The van der Waals surface area contributed by atoms with Crippen molar-refractivity contribution in [3.63, 3.8) is 0 Å². The summed E-state index contributed by atoms with van der Waals surface area (Å²) in [5.41, 5.74) is -0.315. The fraction of sp³-hybridized carbons (Fsp3) is 0.600. The number of benzene rings is 1. The third kappa shape index (κ3) is 6.53. The Morgan fingerprint density at radius 2 is 1.77 bits per heavy atom. The van der Waals surface area contributed by atoms with Gasteiger partial charge in [0.05, 0.1) is 10.7 Å². The number of sulfonamides is 1. The second-order valence-corrected chi connectivity index (χ2v) is 9.13. The lowest BCUT2D eigenvalue weighted by Gasteiger charge is -2.33. The third-order valence-electron chi connectivity index (χ3n) is 2.88. The fourth-order valence-electron chi connectivity index (χ4n) is 2.80. The minimum atomic E-state index is -3.58. The molecule has 1 rings (SSSR count). The maximum atomic E-state index is 12.3. The van der Waals surface area contributed by atoms with E-state index in [1.165, 1.54) is 18.2 Å². The van der Waals surface area contributed by atoms with Crippen LogP contribution in [0.2, 0.25) is 0 Å². The third-order valence-corrected chi connectivity index (χ3v) is 4.46. The van der Waals surface area contributed by atoms with Crippen molar-refractivity contribution in [3.05, 3.63) is 39.9 Å². The van der Waals surface area contributed by atoms with Gasteiger partial charge in [-0.05, 0) is 31.2 Å². The first-order chi connectivity index (χ1) is 9.80. The van der Waals surface area contributed by atoms with E-state index in [2.05, 4.69) is 4.72 Å². The molecule has 0 aromatic heterocycles. The molecule has 1 N–H and O–H groups in total. The first kappa shape index (κ1) is 18.6. The molecule has 0 aliphatic rings. The SMILES string of the molecule is CC(C)(C)CC(C)(C)NS(=O)(=O)Cc1cccc([N+](=O)[O-])c1. The van der Waals surface area contributed by atoms with E-state index in [0.29, 0.717) is 12.0 Å². The van der Waals surface area contributed by atoms with E-state index < -0.39 is 20.5 Å². The summed E-state index contributed by atoms with van der Waals surface area (Å²) in [5.74, 6) is -0.276. The minimum Gasteiger partial charge on any atom is -0.258 e. The predicted octanol–water partition coefficient (Wildman–Crippen LogP) is 3.23. The summed E-state index contributed by atoms with van der Waals surface area (Å²) in [6.07, 6.45) is 0.675. The van der Waals surface area contributed by atoms with Crippen LogP contribution in [0.25, 0.3) is 0 Å². The van der Waals surface area contributed by atoms with Crippen LogP contribution in [0.4, 0.5) is 5.69 Å². The van der Waals surface area contributed by atoms with Gasteiger partial charge in [-0.3, -0.25) is 10.1 Å². The van der Waals surface area contributed by atoms with Crippen molar-refractivity contribution < 1.29 is 13.3 Å². The van der Waals surface area contributed by atoms with Gasteiger partial charge in [-0.2, -0.15) is 0 Å². The Hall–Kier alpha value is -1.47. The summed E-state index contributed by atoms with van der Waals surface area (Å²) in [4.78, 5) is 10.2. The van der Waals surface area contributed by atoms with Crippen LogP contribution in [0.3, 0.4) is 0 Å². The number of nitrogens with zero attached hydrogens (tertiary/aromatic N) is 1.